The summed E-state index contributed by atoms with van der Waals surface area (Å²) in [6.45, 7) is 8.84. The van der Waals surface area contributed by atoms with Crippen LogP contribution < -0.4 is 0 Å². The van der Waals surface area contributed by atoms with Crippen LogP contribution in [0, 0.1) is 11.8 Å². The van der Waals surface area contributed by atoms with Crippen LogP contribution in [0.3, 0.4) is 0 Å². The third kappa shape index (κ3) is 5.83. The third-order valence-corrected chi connectivity index (χ3v) is 4.49. The minimum Gasteiger partial charge on any atom is -0.484 e. The Kier molecular flexibility index (Phi) is 7.34. The molecule has 0 bridgehead atoms. The summed E-state index contributed by atoms with van der Waals surface area (Å²) in [7, 11) is 1.72. The number of nitrogens with zero attached hydrogens (tertiary/aromatic N) is 1. The molecule has 0 aliphatic carbocycles. The van der Waals surface area contributed by atoms with Crippen molar-refractivity contribution in [2.75, 3.05) is 20.3 Å². The molecule has 0 amide bonds. The van der Waals surface area contributed by atoms with Gasteiger partial charge in [-0.2, -0.15) is 0 Å². The molecule has 3 nitrogen and oxygen atoms in total. The van der Waals surface area contributed by atoms with Gasteiger partial charge >= 0.3 is 0 Å². The van der Waals surface area contributed by atoms with Crippen molar-refractivity contribution in [2.45, 2.75) is 39.2 Å². The normalized spacial score (nSPS) is 20.3. The molecule has 1 aromatic carbocycles. The van der Waals surface area contributed by atoms with Gasteiger partial charge in [-0.05, 0) is 37.2 Å². The first-order chi connectivity index (χ1) is 11.2. The van der Waals surface area contributed by atoms with Crippen LogP contribution in [-0.2, 0) is 16.1 Å². The SMILES string of the molecule is C=C(CCCOCc1ccccc1)CC[C@H]1C(OC)=NC[C@H]1C. The summed E-state index contributed by atoms with van der Waals surface area (Å²) in [5.74, 6) is 1.98. The topological polar surface area (TPSA) is 30.8 Å². The van der Waals surface area contributed by atoms with Gasteiger partial charge in [0.1, 0.15) is 0 Å². The van der Waals surface area contributed by atoms with E-state index in [0.717, 1.165) is 44.7 Å². The monoisotopic (exact) mass is 315 g/mol. The standard InChI is InChI=1S/C20H29NO2/c1-16(11-12-19-17(2)14-21-20(19)22-3)8-7-13-23-15-18-9-5-4-6-10-18/h4-6,9-10,17,19H,1,7-8,11-15H2,2-3H3/t17-,19-/m1/s1. The van der Waals surface area contributed by atoms with Crippen molar-refractivity contribution in [3.63, 3.8) is 0 Å². The average Bonchev–Trinajstić information content (AvgIpc) is 2.93. The number of ether oxygens (including phenoxy) is 2. The van der Waals surface area contributed by atoms with E-state index in [1.165, 1.54) is 11.1 Å². The lowest BCUT2D eigenvalue weighted by atomic mass is 9.90. The van der Waals surface area contributed by atoms with Gasteiger partial charge in [-0.1, -0.05) is 49.4 Å². The van der Waals surface area contributed by atoms with Crippen LogP contribution in [0.5, 0.6) is 0 Å². The van der Waals surface area contributed by atoms with Crippen LogP contribution in [0.25, 0.3) is 0 Å². The zero-order valence-corrected chi connectivity index (χ0v) is 14.5. The second-order valence-corrected chi connectivity index (χ2v) is 6.40. The number of hydrogen-bond donors (Lipinski definition) is 0. The van der Waals surface area contributed by atoms with Crippen LogP contribution in [-0.4, -0.2) is 26.2 Å². The van der Waals surface area contributed by atoms with Crippen molar-refractivity contribution in [3.05, 3.63) is 48.0 Å². The van der Waals surface area contributed by atoms with Crippen LogP contribution in [0.2, 0.25) is 0 Å². The van der Waals surface area contributed by atoms with Crippen LogP contribution >= 0.6 is 0 Å². The molecule has 1 heterocycles. The Morgan fingerprint density at radius 1 is 1.26 bits per heavy atom. The van der Waals surface area contributed by atoms with Crippen LogP contribution in [0.1, 0.15) is 38.2 Å². The third-order valence-electron chi connectivity index (χ3n) is 4.49. The van der Waals surface area contributed by atoms with E-state index in [-0.39, 0.29) is 0 Å². The number of methoxy groups -OCH3 is 1. The maximum Gasteiger partial charge on any atom is 0.186 e. The van der Waals surface area contributed by atoms with E-state index < -0.39 is 0 Å². The summed E-state index contributed by atoms with van der Waals surface area (Å²) in [5.41, 5.74) is 2.54. The Balaban J connectivity index is 1.56. The molecular formula is C20H29NO2. The van der Waals surface area contributed by atoms with E-state index in [4.69, 9.17) is 9.47 Å². The molecule has 0 N–H and O–H groups in total. The molecule has 1 aliphatic heterocycles. The Morgan fingerprint density at radius 3 is 2.78 bits per heavy atom. The van der Waals surface area contributed by atoms with E-state index in [1.54, 1.807) is 7.11 Å². The van der Waals surface area contributed by atoms with Gasteiger partial charge in [0, 0.05) is 19.1 Å². The predicted molar refractivity (Wildman–Crippen MR) is 95.7 cm³/mol. The highest BCUT2D eigenvalue weighted by Gasteiger charge is 2.28. The zero-order valence-electron chi connectivity index (χ0n) is 14.5. The minimum atomic E-state index is 0.464. The van der Waals surface area contributed by atoms with Gasteiger partial charge in [-0.15, -0.1) is 0 Å². The zero-order chi connectivity index (χ0) is 16.5. The van der Waals surface area contributed by atoms with Gasteiger partial charge in [0.15, 0.2) is 5.90 Å². The lowest BCUT2D eigenvalue weighted by Gasteiger charge is -2.17. The van der Waals surface area contributed by atoms with E-state index in [9.17, 15) is 0 Å². The van der Waals surface area contributed by atoms with E-state index >= 15 is 0 Å². The smallest absolute Gasteiger partial charge is 0.186 e. The molecule has 0 aromatic heterocycles. The Hall–Kier alpha value is -1.61. The summed E-state index contributed by atoms with van der Waals surface area (Å²) in [6.07, 6.45) is 4.22. The molecule has 2 atom stereocenters. The predicted octanol–water partition coefficient (Wildman–Crippen LogP) is 4.63. The lowest BCUT2D eigenvalue weighted by Crippen LogP contribution is -2.18. The molecule has 0 radical (unpaired) electrons. The first-order valence-electron chi connectivity index (χ1n) is 8.57. The molecular weight excluding hydrogens is 286 g/mol. The number of hydrogen-bond acceptors (Lipinski definition) is 3. The summed E-state index contributed by atoms with van der Waals surface area (Å²) in [5, 5.41) is 0. The summed E-state index contributed by atoms with van der Waals surface area (Å²) in [4.78, 5) is 4.45. The molecule has 0 fully saturated rings. The molecule has 2 rings (SSSR count). The maximum atomic E-state index is 5.72. The number of aliphatic imine (C=N–C) groups is 1. The molecule has 3 heteroatoms. The van der Waals surface area contributed by atoms with Crippen molar-refractivity contribution >= 4 is 5.90 Å². The quantitative estimate of drug-likeness (QED) is 0.491. The molecule has 0 unspecified atom stereocenters. The van der Waals surface area contributed by atoms with E-state index in [0.29, 0.717) is 18.4 Å². The van der Waals surface area contributed by atoms with E-state index in [1.807, 2.05) is 18.2 Å². The summed E-state index contributed by atoms with van der Waals surface area (Å²) < 4.78 is 11.1. The fourth-order valence-electron chi connectivity index (χ4n) is 3.02. The fraction of sp³-hybridized carbons (Fsp3) is 0.550. The van der Waals surface area contributed by atoms with Crippen LogP contribution in [0.4, 0.5) is 0 Å². The van der Waals surface area contributed by atoms with Crippen molar-refractivity contribution in [1.29, 1.82) is 0 Å². The fourth-order valence-corrected chi connectivity index (χ4v) is 3.02. The van der Waals surface area contributed by atoms with Gasteiger partial charge in [0.25, 0.3) is 0 Å². The number of benzene rings is 1. The van der Waals surface area contributed by atoms with Gasteiger partial charge in [-0.3, -0.25) is 4.99 Å². The van der Waals surface area contributed by atoms with Gasteiger partial charge < -0.3 is 9.47 Å². The van der Waals surface area contributed by atoms with Crippen LogP contribution in [0.15, 0.2) is 47.5 Å². The molecule has 1 aromatic rings. The second kappa shape index (κ2) is 9.51. The maximum absolute atomic E-state index is 5.72. The molecule has 126 valence electrons. The Labute approximate surface area is 140 Å². The van der Waals surface area contributed by atoms with Crippen molar-refractivity contribution < 1.29 is 9.47 Å². The Bertz CT molecular complexity index is 510. The van der Waals surface area contributed by atoms with E-state index in [2.05, 4.69) is 30.6 Å². The largest absolute Gasteiger partial charge is 0.484 e. The van der Waals surface area contributed by atoms with Gasteiger partial charge in [0.2, 0.25) is 0 Å². The highest BCUT2D eigenvalue weighted by molar-refractivity contribution is 5.80. The van der Waals surface area contributed by atoms with Crippen molar-refractivity contribution in [1.82, 2.24) is 0 Å². The number of allylic oxidation sites excluding steroid dienone is 1. The molecule has 23 heavy (non-hydrogen) atoms. The lowest BCUT2D eigenvalue weighted by molar-refractivity contribution is 0.118. The summed E-state index contributed by atoms with van der Waals surface area (Å²) >= 11 is 0. The highest BCUT2D eigenvalue weighted by Crippen LogP contribution is 2.28. The molecule has 1 aliphatic rings. The Morgan fingerprint density at radius 2 is 2.04 bits per heavy atom. The molecule has 0 spiro atoms. The minimum absolute atomic E-state index is 0.464. The average molecular weight is 315 g/mol. The highest BCUT2D eigenvalue weighted by atomic mass is 16.5. The summed E-state index contributed by atoms with van der Waals surface area (Å²) in [6, 6.07) is 10.3. The molecule has 0 saturated carbocycles. The molecule has 0 saturated heterocycles. The van der Waals surface area contributed by atoms with Crippen molar-refractivity contribution in [2.24, 2.45) is 16.8 Å². The first kappa shape index (κ1) is 17.7. The number of rotatable bonds is 9. The van der Waals surface area contributed by atoms with Crippen molar-refractivity contribution in [3.8, 4) is 0 Å². The van der Waals surface area contributed by atoms with Gasteiger partial charge in [0.05, 0.1) is 13.7 Å². The first-order valence-corrected chi connectivity index (χ1v) is 8.57. The van der Waals surface area contributed by atoms with Gasteiger partial charge in [-0.25, -0.2) is 0 Å². The second-order valence-electron chi connectivity index (χ2n) is 6.40.